The highest BCUT2D eigenvalue weighted by molar-refractivity contribution is 5.70. The predicted molar refractivity (Wildman–Crippen MR) is 62.8 cm³/mol. The Kier molecular flexibility index (Phi) is 5.88. The van der Waals surface area contributed by atoms with Crippen LogP contribution in [-0.4, -0.2) is 36.1 Å². The Bertz CT molecular complexity index is 202. The van der Waals surface area contributed by atoms with E-state index in [-0.39, 0.29) is 17.6 Å². The van der Waals surface area contributed by atoms with Crippen molar-refractivity contribution in [3.8, 4) is 0 Å². The fourth-order valence-electron chi connectivity index (χ4n) is 1.44. The summed E-state index contributed by atoms with van der Waals surface area (Å²) in [6, 6.07) is 0.221. The lowest BCUT2D eigenvalue weighted by atomic mass is 9.97. The molecule has 0 N–H and O–H groups in total. The average molecular weight is 215 g/mol. The molecule has 0 aromatic rings. The van der Waals surface area contributed by atoms with Gasteiger partial charge in [0.2, 0.25) is 0 Å². The van der Waals surface area contributed by atoms with Crippen LogP contribution < -0.4 is 0 Å². The summed E-state index contributed by atoms with van der Waals surface area (Å²) >= 11 is 0. The van der Waals surface area contributed by atoms with Crippen LogP contribution in [0.4, 0.5) is 0 Å². The second-order valence-corrected chi connectivity index (χ2v) is 4.64. The van der Waals surface area contributed by atoms with Crippen LogP contribution in [0.1, 0.15) is 47.5 Å². The molecule has 0 aromatic heterocycles. The molecule has 0 aliphatic heterocycles. The first-order valence-electron chi connectivity index (χ1n) is 5.73. The third-order valence-electron chi connectivity index (χ3n) is 3.25. The molecular weight excluding hydrogens is 190 g/mol. The molecule has 3 nitrogen and oxygen atoms in total. The Morgan fingerprint density at radius 1 is 1.40 bits per heavy atom. The van der Waals surface area contributed by atoms with E-state index in [4.69, 9.17) is 4.74 Å². The van der Waals surface area contributed by atoms with E-state index in [1.807, 2.05) is 6.92 Å². The summed E-state index contributed by atoms with van der Waals surface area (Å²) in [5.74, 6) is -0.108. The number of hydrogen-bond donors (Lipinski definition) is 0. The lowest BCUT2D eigenvalue weighted by Gasteiger charge is -2.39. The molecule has 0 rings (SSSR count). The van der Waals surface area contributed by atoms with E-state index < -0.39 is 0 Å². The molecule has 0 spiro atoms. The smallest absolute Gasteiger partial charge is 0.307 e. The monoisotopic (exact) mass is 215 g/mol. The molecule has 0 heterocycles. The molecular formula is C12H25NO2. The zero-order valence-corrected chi connectivity index (χ0v) is 11.0. The van der Waals surface area contributed by atoms with Crippen LogP contribution in [0, 0.1) is 0 Å². The highest BCUT2D eigenvalue weighted by Gasteiger charge is 2.26. The van der Waals surface area contributed by atoms with Gasteiger partial charge in [-0.2, -0.15) is 0 Å². The Morgan fingerprint density at radius 3 is 2.33 bits per heavy atom. The van der Waals surface area contributed by atoms with Crippen molar-refractivity contribution in [2.75, 3.05) is 13.7 Å². The highest BCUT2D eigenvalue weighted by atomic mass is 16.5. The van der Waals surface area contributed by atoms with Gasteiger partial charge in [-0.1, -0.05) is 6.92 Å². The largest absolute Gasteiger partial charge is 0.466 e. The number of carbonyl (C=O) groups is 1. The van der Waals surface area contributed by atoms with Crippen LogP contribution in [-0.2, 0) is 9.53 Å². The molecule has 15 heavy (non-hydrogen) atoms. The van der Waals surface area contributed by atoms with Crippen molar-refractivity contribution in [2.24, 2.45) is 0 Å². The maximum absolute atomic E-state index is 11.3. The van der Waals surface area contributed by atoms with Crippen molar-refractivity contribution >= 4 is 5.97 Å². The quantitative estimate of drug-likeness (QED) is 0.637. The molecule has 0 fully saturated rings. The predicted octanol–water partition coefficient (Wildman–Crippen LogP) is 2.45. The molecule has 3 heteroatoms. The zero-order chi connectivity index (χ0) is 12.1. The minimum Gasteiger partial charge on any atom is -0.466 e. The number of esters is 1. The van der Waals surface area contributed by atoms with Gasteiger partial charge in [0.1, 0.15) is 0 Å². The summed E-state index contributed by atoms with van der Waals surface area (Å²) < 4.78 is 4.94. The van der Waals surface area contributed by atoms with Gasteiger partial charge in [0.15, 0.2) is 0 Å². The van der Waals surface area contributed by atoms with Gasteiger partial charge in [0, 0.05) is 11.6 Å². The molecule has 0 saturated heterocycles. The standard InChI is InChI=1S/C12H25NO2/c1-7-12(4,5)13(6)10(3)9-11(14)15-8-2/h10H,7-9H2,1-6H3. The van der Waals surface area contributed by atoms with Crippen molar-refractivity contribution in [1.29, 1.82) is 0 Å². The maximum Gasteiger partial charge on any atom is 0.307 e. The third kappa shape index (κ3) is 4.65. The number of hydrogen-bond acceptors (Lipinski definition) is 3. The number of carbonyl (C=O) groups excluding carboxylic acids is 1. The molecule has 0 amide bonds. The molecule has 0 aliphatic rings. The van der Waals surface area contributed by atoms with Crippen LogP contribution >= 0.6 is 0 Å². The first-order valence-corrected chi connectivity index (χ1v) is 5.73. The molecule has 1 unspecified atom stereocenters. The van der Waals surface area contributed by atoms with Gasteiger partial charge in [0.05, 0.1) is 13.0 Å². The molecule has 0 aromatic carbocycles. The summed E-state index contributed by atoms with van der Waals surface area (Å²) in [6.07, 6.45) is 1.53. The van der Waals surface area contributed by atoms with E-state index in [0.717, 1.165) is 6.42 Å². The number of ether oxygens (including phenoxy) is 1. The summed E-state index contributed by atoms with van der Waals surface area (Å²) in [7, 11) is 2.06. The Hall–Kier alpha value is -0.570. The minimum absolute atomic E-state index is 0.108. The van der Waals surface area contributed by atoms with Gasteiger partial charge in [-0.25, -0.2) is 0 Å². The fourth-order valence-corrected chi connectivity index (χ4v) is 1.44. The summed E-state index contributed by atoms with van der Waals surface area (Å²) in [4.78, 5) is 13.6. The van der Waals surface area contributed by atoms with Gasteiger partial charge in [-0.15, -0.1) is 0 Å². The van der Waals surface area contributed by atoms with Crippen LogP contribution in [0.3, 0.4) is 0 Å². The zero-order valence-electron chi connectivity index (χ0n) is 11.0. The van der Waals surface area contributed by atoms with Gasteiger partial charge < -0.3 is 4.74 Å². The molecule has 0 bridgehead atoms. The fraction of sp³-hybridized carbons (Fsp3) is 0.917. The average Bonchev–Trinajstić information content (AvgIpc) is 2.16. The van der Waals surface area contributed by atoms with E-state index in [2.05, 4.69) is 39.6 Å². The molecule has 0 aliphatic carbocycles. The first-order chi connectivity index (χ1) is 6.85. The van der Waals surface area contributed by atoms with Crippen LogP contribution in [0.25, 0.3) is 0 Å². The first kappa shape index (κ1) is 14.4. The van der Waals surface area contributed by atoms with E-state index in [9.17, 15) is 4.79 Å². The van der Waals surface area contributed by atoms with Crippen molar-refractivity contribution < 1.29 is 9.53 Å². The Morgan fingerprint density at radius 2 is 1.93 bits per heavy atom. The summed E-state index contributed by atoms with van der Waals surface area (Å²) in [6.45, 7) is 10.9. The number of rotatable bonds is 6. The second-order valence-electron chi connectivity index (χ2n) is 4.64. The topological polar surface area (TPSA) is 29.5 Å². The van der Waals surface area contributed by atoms with Gasteiger partial charge in [-0.05, 0) is 41.2 Å². The maximum atomic E-state index is 11.3. The third-order valence-corrected chi connectivity index (χ3v) is 3.25. The van der Waals surface area contributed by atoms with E-state index >= 15 is 0 Å². The number of nitrogens with zero attached hydrogens (tertiary/aromatic N) is 1. The van der Waals surface area contributed by atoms with Gasteiger partial charge in [0.25, 0.3) is 0 Å². The molecule has 90 valence electrons. The summed E-state index contributed by atoms with van der Waals surface area (Å²) in [5.41, 5.74) is 0.131. The lowest BCUT2D eigenvalue weighted by molar-refractivity contribution is -0.144. The normalized spacial score (nSPS) is 14.1. The molecule has 1 atom stereocenters. The van der Waals surface area contributed by atoms with Crippen LogP contribution in [0.2, 0.25) is 0 Å². The molecule has 0 saturated carbocycles. The summed E-state index contributed by atoms with van der Waals surface area (Å²) in [5, 5.41) is 0. The van der Waals surface area contributed by atoms with Crippen molar-refractivity contribution in [3.63, 3.8) is 0 Å². The Labute approximate surface area is 93.8 Å². The minimum atomic E-state index is -0.108. The van der Waals surface area contributed by atoms with Crippen molar-refractivity contribution in [2.45, 2.75) is 59.0 Å². The SMILES string of the molecule is CCOC(=O)CC(C)N(C)C(C)(C)CC. The van der Waals surface area contributed by atoms with Crippen LogP contribution in [0.5, 0.6) is 0 Å². The Balaban J connectivity index is 4.20. The van der Waals surface area contributed by atoms with Crippen molar-refractivity contribution in [1.82, 2.24) is 4.90 Å². The molecule has 0 radical (unpaired) electrons. The van der Waals surface area contributed by atoms with Crippen molar-refractivity contribution in [3.05, 3.63) is 0 Å². The highest BCUT2D eigenvalue weighted by Crippen LogP contribution is 2.20. The lowest BCUT2D eigenvalue weighted by Crippen LogP contribution is -2.46. The second kappa shape index (κ2) is 6.11. The van der Waals surface area contributed by atoms with E-state index in [1.54, 1.807) is 0 Å². The van der Waals surface area contributed by atoms with Gasteiger partial charge in [-0.3, -0.25) is 9.69 Å². The van der Waals surface area contributed by atoms with E-state index in [1.165, 1.54) is 0 Å². The van der Waals surface area contributed by atoms with Gasteiger partial charge >= 0.3 is 5.97 Å². The van der Waals surface area contributed by atoms with E-state index in [0.29, 0.717) is 13.0 Å². The van der Waals surface area contributed by atoms with Crippen LogP contribution in [0.15, 0.2) is 0 Å².